The van der Waals surface area contributed by atoms with Gasteiger partial charge in [0.25, 0.3) is 0 Å². The monoisotopic (exact) mass is 384 g/mol. The lowest BCUT2D eigenvalue weighted by atomic mass is 9.81. The van der Waals surface area contributed by atoms with Gasteiger partial charge in [-0.15, -0.1) is 0 Å². The van der Waals surface area contributed by atoms with Crippen molar-refractivity contribution in [3.63, 3.8) is 0 Å². The second kappa shape index (κ2) is 11.0. The van der Waals surface area contributed by atoms with E-state index in [-0.39, 0.29) is 0 Å². The summed E-state index contributed by atoms with van der Waals surface area (Å²) in [6, 6.07) is 26.8. The number of rotatable bonds is 10. The van der Waals surface area contributed by atoms with Crippen molar-refractivity contribution in [3.05, 3.63) is 106 Å². The summed E-state index contributed by atoms with van der Waals surface area (Å²) in [6.45, 7) is 6.98. The van der Waals surface area contributed by atoms with Gasteiger partial charge in [0.2, 0.25) is 0 Å². The molecule has 152 valence electrons. The van der Waals surface area contributed by atoms with Crippen LogP contribution in [0.25, 0.3) is 0 Å². The Hall–Kier alpha value is -2.34. The van der Waals surface area contributed by atoms with Crippen LogP contribution in [0.1, 0.15) is 85.8 Å². The van der Waals surface area contributed by atoms with Gasteiger partial charge in [-0.25, -0.2) is 0 Å². The van der Waals surface area contributed by atoms with E-state index in [0.29, 0.717) is 5.92 Å². The van der Waals surface area contributed by atoms with Crippen LogP contribution >= 0.6 is 0 Å². The Balaban J connectivity index is 2.09. The number of hydrogen-bond donors (Lipinski definition) is 0. The molecule has 0 N–H and O–H groups in total. The zero-order valence-electron chi connectivity index (χ0n) is 18.5. The van der Waals surface area contributed by atoms with Crippen LogP contribution in [-0.2, 0) is 19.3 Å². The summed E-state index contributed by atoms with van der Waals surface area (Å²) in [5.74, 6) is 0.667. The van der Waals surface area contributed by atoms with Crippen LogP contribution in [-0.4, -0.2) is 0 Å². The second-order valence-electron chi connectivity index (χ2n) is 8.24. The third kappa shape index (κ3) is 5.60. The van der Waals surface area contributed by atoms with Crippen LogP contribution in [0.5, 0.6) is 0 Å². The Bertz CT molecular complexity index is 861. The first-order valence-electron chi connectivity index (χ1n) is 11.5. The van der Waals surface area contributed by atoms with Crippen LogP contribution in [0, 0.1) is 0 Å². The van der Waals surface area contributed by atoms with Gasteiger partial charge < -0.3 is 0 Å². The zero-order valence-corrected chi connectivity index (χ0v) is 18.5. The number of hydrogen-bond acceptors (Lipinski definition) is 0. The highest BCUT2D eigenvalue weighted by Crippen LogP contribution is 2.34. The summed E-state index contributed by atoms with van der Waals surface area (Å²) in [5.41, 5.74) is 9.15. The average Bonchev–Trinajstić information content (AvgIpc) is 2.76. The normalized spacial score (nSPS) is 12.1. The Morgan fingerprint density at radius 3 is 1.79 bits per heavy atom. The molecular weight excluding hydrogens is 348 g/mol. The van der Waals surface area contributed by atoms with Gasteiger partial charge >= 0.3 is 0 Å². The topological polar surface area (TPSA) is 0 Å². The Morgan fingerprint density at radius 2 is 1.24 bits per heavy atom. The fourth-order valence-corrected chi connectivity index (χ4v) is 4.62. The summed E-state index contributed by atoms with van der Waals surface area (Å²) in [4.78, 5) is 0. The van der Waals surface area contributed by atoms with Gasteiger partial charge in [-0.05, 0) is 71.4 Å². The Morgan fingerprint density at radius 1 is 0.621 bits per heavy atom. The minimum Gasteiger partial charge on any atom is -0.0654 e. The first-order chi connectivity index (χ1) is 14.3. The van der Waals surface area contributed by atoms with E-state index in [0.717, 1.165) is 12.8 Å². The molecule has 0 amide bonds. The maximum Gasteiger partial charge on any atom is -0.00201 e. The van der Waals surface area contributed by atoms with Crippen molar-refractivity contribution in [1.82, 2.24) is 0 Å². The molecular formula is C29H36. The van der Waals surface area contributed by atoms with Crippen LogP contribution in [0.2, 0.25) is 0 Å². The van der Waals surface area contributed by atoms with Crippen LogP contribution < -0.4 is 0 Å². The third-order valence-corrected chi connectivity index (χ3v) is 6.10. The lowest BCUT2D eigenvalue weighted by Gasteiger charge is -2.24. The van der Waals surface area contributed by atoms with Gasteiger partial charge in [0.15, 0.2) is 0 Å². The van der Waals surface area contributed by atoms with Gasteiger partial charge in [-0.2, -0.15) is 0 Å². The van der Waals surface area contributed by atoms with Gasteiger partial charge in [-0.3, -0.25) is 0 Å². The summed E-state index contributed by atoms with van der Waals surface area (Å²) >= 11 is 0. The molecule has 0 bridgehead atoms. The summed E-state index contributed by atoms with van der Waals surface area (Å²) in [5, 5.41) is 0. The lowest BCUT2D eigenvalue weighted by Crippen LogP contribution is -2.10. The van der Waals surface area contributed by atoms with Crippen LogP contribution in [0.4, 0.5) is 0 Å². The SMILES string of the molecule is CCCc1c(Cc2ccccc2)ccc(C(CC)CCC)c1Cc1ccccc1. The second-order valence-corrected chi connectivity index (χ2v) is 8.24. The van der Waals surface area contributed by atoms with Gasteiger partial charge in [-0.1, -0.05) is 106 Å². The van der Waals surface area contributed by atoms with E-state index in [1.807, 2.05) is 0 Å². The maximum absolute atomic E-state index is 2.46. The molecule has 0 heteroatoms. The molecule has 0 heterocycles. The van der Waals surface area contributed by atoms with E-state index in [1.165, 1.54) is 48.8 Å². The summed E-state index contributed by atoms with van der Waals surface area (Å²) in [7, 11) is 0. The molecule has 0 nitrogen and oxygen atoms in total. The van der Waals surface area contributed by atoms with E-state index >= 15 is 0 Å². The Labute approximate surface area is 178 Å². The van der Waals surface area contributed by atoms with Crippen molar-refractivity contribution < 1.29 is 0 Å². The van der Waals surface area contributed by atoms with Gasteiger partial charge in [0, 0.05) is 0 Å². The van der Waals surface area contributed by atoms with Crippen LogP contribution in [0.15, 0.2) is 72.8 Å². The maximum atomic E-state index is 2.46. The molecule has 0 fully saturated rings. The van der Waals surface area contributed by atoms with E-state index in [4.69, 9.17) is 0 Å². The highest BCUT2D eigenvalue weighted by Gasteiger charge is 2.19. The smallest absolute Gasteiger partial charge is 0.00201 e. The minimum absolute atomic E-state index is 0.667. The van der Waals surface area contributed by atoms with Crippen molar-refractivity contribution in [1.29, 1.82) is 0 Å². The number of benzene rings is 3. The largest absolute Gasteiger partial charge is 0.0654 e. The fraction of sp³-hybridized carbons (Fsp3) is 0.379. The molecule has 0 aliphatic heterocycles. The molecule has 3 aromatic carbocycles. The van der Waals surface area contributed by atoms with Gasteiger partial charge in [0.05, 0.1) is 0 Å². The van der Waals surface area contributed by atoms with E-state index in [9.17, 15) is 0 Å². The summed E-state index contributed by atoms with van der Waals surface area (Å²) in [6.07, 6.45) is 8.19. The molecule has 1 atom stereocenters. The molecule has 0 spiro atoms. The minimum atomic E-state index is 0.667. The third-order valence-electron chi connectivity index (χ3n) is 6.10. The standard InChI is InChI=1S/C29H36/c1-4-13-25(6-3)28-20-19-26(21-23-15-9-7-10-16-23)27(14-5-2)29(28)22-24-17-11-8-12-18-24/h7-12,15-20,25H,4-6,13-14,21-22H2,1-3H3. The molecule has 0 saturated carbocycles. The van der Waals surface area contributed by atoms with Crippen molar-refractivity contribution in [3.8, 4) is 0 Å². The Kier molecular flexibility index (Phi) is 8.11. The molecule has 0 aliphatic rings. The molecule has 0 aromatic heterocycles. The zero-order chi connectivity index (χ0) is 20.5. The molecule has 0 saturated heterocycles. The van der Waals surface area contributed by atoms with E-state index in [2.05, 4.69) is 93.6 Å². The van der Waals surface area contributed by atoms with E-state index < -0.39 is 0 Å². The van der Waals surface area contributed by atoms with E-state index in [1.54, 1.807) is 16.7 Å². The lowest BCUT2D eigenvalue weighted by molar-refractivity contribution is 0.590. The van der Waals surface area contributed by atoms with Crippen molar-refractivity contribution >= 4 is 0 Å². The summed E-state index contributed by atoms with van der Waals surface area (Å²) < 4.78 is 0. The van der Waals surface area contributed by atoms with Crippen molar-refractivity contribution in [2.24, 2.45) is 0 Å². The van der Waals surface area contributed by atoms with Gasteiger partial charge in [0.1, 0.15) is 0 Å². The molecule has 3 aromatic rings. The molecule has 0 aliphatic carbocycles. The molecule has 1 unspecified atom stereocenters. The highest BCUT2D eigenvalue weighted by atomic mass is 14.2. The average molecular weight is 385 g/mol. The first kappa shape index (κ1) is 21.4. The highest BCUT2D eigenvalue weighted by molar-refractivity contribution is 5.47. The predicted octanol–water partition coefficient (Wildman–Crippen LogP) is 8.11. The van der Waals surface area contributed by atoms with Crippen LogP contribution in [0.3, 0.4) is 0 Å². The van der Waals surface area contributed by atoms with Crippen molar-refractivity contribution in [2.45, 2.75) is 71.6 Å². The molecule has 0 radical (unpaired) electrons. The van der Waals surface area contributed by atoms with Crippen molar-refractivity contribution in [2.75, 3.05) is 0 Å². The molecule has 29 heavy (non-hydrogen) atoms. The molecule has 3 rings (SSSR count). The predicted molar refractivity (Wildman–Crippen MR) is 127 cm³/mol. The first-order valence-corrected chi connectivity index (χ1v) is 11.5. The quantitative estimate of drug-likeness (QED) is 0.331. The fourth-order valence-electron chi connectivity index (χ4n) is 4.62.